The van der Waals surface area contributed by atoms with Gasteiger partial charge in [-0.15, -0.1) is 0 Å². The average Bonchev–Trinajstić information content (AvgIpc) is 2.98. The van der Waals surface area contributed by atoms with E-state index >= 15 is 0 Å². The summed E-state index contributed by atoms with van der Waals surface area (Å²) in [6, 6.07) is 9.82. The number of aliphatic carboxylic acids is 1. The zero-order valence-corrected chi connectivity index (χ0v) is 22.1. The van der Waals surface area contributed by atoms with E-state index in [9.17, 15) is 28.8 Å². The van der Waals surface area contributed by atoms with Crippen LogP contribution >= 0.6 is 23.2 Å². The fourth-order valence-corrected chi connectivity index (χ4v) is 4.27. The zero-order valence-electron chi connectivity index (χ0n) is 20.6. The van der Waals surface area contributed by atoms with Crippen LogP contribution in [-0.2, 0) is 28.8 Å². The monoisotopic (exact) mass is 574 g/mol. The molecule has 0 spiro atoms. The van der Waals surface area contributed by atoms with Crippen LogP contribution in [0.5, 0.6) is 0 Å². The molecule has 0 saturated carbocycles. The summed E-state index contributed by atoms with van der Waals surface area (Å²) >= 11 is 11.9. The first kappa shape index (κ1) is 29.3. The van der Waals surface area contributed by atoms with Gasteiger partial charge >= 0.3 is 5.97 Å². The summed E-state index contributed by atoms with van der Waals surface area (Å²) in [7, 11) is 0. The van der Waals surface area contributed by atoms with Gasteiger partial charge in [-0.3, -0.25) is 28.9 Å². The van der Waals surface area contributed by atoms with Crippen LogP contribution in [0.4, 0.5) is 11.4 Å². The number of halogens is 2. The predicted octanol–water partition coefficient (Wildman–Crippen LogP) is 2.40. The Labute approximate surface area is 233 Å². The minimum Gasteiger partial charge on any atom is -0.481 e. The van der Waals surface area contributed by atoms with Crippen molar-refractivity contribution in [3.05, 3.63) is 64.1 Å². The Balaban J connectivity index is 1.86. The van der Waals surface area contributed by atoms with E-state index in [1.165, 1.54) is 30.0 Å². The molecule has 39 heavy (non-hydrogen) atoms. The van der Waals surface area contributed by atoms with Gasteiger partial charge in [0.15, 0.2) is 0 Å². The number of carbonyl (C=O) groups excluding carboxylic acids is 5. The Kier molecular flexibility index (Phi) is 9.80. The number of aldehydes is 1. The van der Waals surface area contributed by atoms with Crippen molar-refractivity contribution in [2.45, 2.75) is 32.0 Å². The number of nitrogens with one attached hydrogen (secondary N) is 2. The molecule has 0 unspecified atom stereocenters. The zero-order chi connectivity index (χ0) is 28.7. The molecule has 1 heterocycles. The lowest BCUT2D eigenvalue weighted by atomic mass is 10.2. The SMILES string of the molecule is CC(=O)N1c2ccccc2N(CC(=O)N[C@H](C=O)CC(=O)O)C(=O)C[C@H]1NC(=O)C=Cc1ccc(Cl)c(Cl)c1. The van der Waals surface area contributed by atoms with Gasteiger partial charge < -0.3 is 25.4 Å². The number of nitrogens with zero attached hydrogens (tertiary/aromatic N) is 2. The van der Waals surface area contributed by atoms with E-state index in [0.717, 1.165) is 4.90 Å². The fourth-order valence-electron chi connectivity index (χ4n) is 3.96. The van der Waals surface area contributed by atoms with Gasteiger partial charge in [0.2, 0.25) is 23.6 Å². The van der Waals surface area contributed by atoms with E-state index in [2.05, 4.69) is 10.6 Å². The molecule has 2 atom stereocenters. The average molecular weight is 575 g/mol. The number of rotatable bonds is 9. The molecule has 1 aliphatic heterocycles. The predicted molar refractivity (Wildman–Crippen MR) is 144 cm³/mol. The van der Waals surface area contributed by atoms with Crippen LogP contribution in [0.1, 0.15) is 25.3 Å². The van der Waals surface area contributed by atoms with Gasteiger partial charge in [0, 0.05) is 13.0 Å². The molecule has 0 aliphatic carbocycles. The molecule has 0 saturated heterocycles. The fraction of sp³-hybridized carbons (Fsp3) is 0.231. The Bertz CT molecular complexity index is 1350. The molecule has 3 N–H and O–H groups in total. The molecule has 1 aliphatic rings. The van der Waals surface area contributed by atoms with Crippen molar-refractivity contribution in [3.63, 3.8) is 0 Å². The summed E-state index contributed by atoms with van der Waals surface area (Å²) in [6.07, 6.45) is 0.900. The van der Waals surface area contributed by atoms with Gasteiger partial charge in [0.1, 0.15) is 19.0 Å². The maximum atomic E-state index is 13.3. The molecule has 13 heteroatoms. The van der Waals surface area contributed by atoms with Crippen LogP contribution in [0.25, 0.3) is 6.08 Å². The summed E-state index contributed by atoms with van der Waals surface area (Å²) in [5, 5.41) is 14.5. The normalized spacial score (nSPS) is 15.8. The maximum absolute atomic E-state index is 13.3. The van der Waals surface area contributed by atoms with Gasteiger partial charge in [-0.2, -0.15) is 0 Å². The second-order valence-corrected chi connectivity index (χ2v) is 9.32. The van der Waals surface area contributed by atoms with Crippen molar-refractivity contribution in [1.82, 2.24) is 10.6 Å². The number of benzene rings is 2. The molecule has 11 nitrogen and oxygen atoms in total. The molecule has 0 radical (unpaired) electrons. The Morgan fingerprint density at radius 3 is 2.41 bits per heavy atom. The molecule has 0 fully saturated rings. The molecular weight excluding hydrogens is 551 g/mol. The van der Waals surface area contributed by atoms with Crippen molar-refractivity contribution in [2.75, 3.05) is 16.3 Å². The number of amides is 4. The molecule has 0 bridgehead atoms. The Hall–Kier alpha value is -4.22. The summed E-state index contributed by atoms with van der Waals surface area (Å²) in [6.45, 7) is 0.721. The quantitative estimate of drug-likeness (QED) is 0.307. The minimum atomic E-state index is -1.28. The van der Waals surface area contributed by atoms with Crippen molar-refractivity contribution in [2.24, 2.45) is 0 Å². The lowest BCUT2D eigenvalue weighted by molar-refractivity contribution is -0.139. The van der Waals surface area contributed by atoms with E-state index in [1.54, 1.807) is 36.4 Å². The van der Waals surface area contributed by atoms with Gasteiger partial charge in [-0.25, -0.2) is 0 Å². The summed E-state index contributed by atoms with van der Waals surface area (Å²) in [5.41, 5.74) is 1.08. The number of para-hydroxylation sites is 2. The van der Waals surface area contributed by atoms with Crippen LogP contribution in [0.2, 0.25) is 10.0 Å². The van der Waals surface area contributed by atoms with Crippen LogP contribution < -0.4 is 20.4 Å². The number of carboxylic acid groups (broad SMARTS) is 1. The minimum absolute atomic E-state index is 0.219. The smallest absolute Gasteiger partial charge is 0.305 e. The van der Waals surface area contributed by atoms with Gasteiger partial charge in [0.05, 0.1) is 40.3 Å². The topological polar surface area (TPSA) is 153 Å². The summed E-state index contributed by atoms with van der Waals surface area (Å²) in [5.74, 6) is -3.73. The highest BCUT2D eigenvalue weighted by molar-refractivity contribution is 6.42. The highest BCUT2D eigenvalue weighted by atomic mass is 35.5. The maximum Gasteiger partial charge on any atom is 0.305 e. The van der Waals surface area contributed by atoms with Crippen LogP contribution in [0.15, 0.2) is 48.5 Å². The number of hydrogen-bond donors (Lipinski definition) is 3. The third kappa shape index (κ3) is 7.65. The standard InChI is InChI=1S/C26H24Cl2N4O7/c1-15(34)32-21-5-3-2-4-20(21)31(13-24(36)29-17(14-33)11-26(38)39)25(37)12-22(32)30-23(35)9-7-16-6-8-18(27)19(28)10-16/h2-10,14,17,22H,11-13H2,1H3,(H,29,36)(H,30,35)(H,38,39)/t17-,22-/m0/s1. The van der Waals surface area contributed by atoms with E-state index in [4.69, 9.17) is 28.3 Å². The van der Waals surface area contributed by atoms with Crippen LogP contribution in [0.3, 0.4) is 0 Å². The van der Waals surface area contributed by atoms with Gasteiger partial charge in [0.25, 0.3) is 0 Å². The van der Waals surface area contributed by atoms with Crippen LogP contribution in [-0.4, -0.2) is 59.7 Å². The first-order valence-corrected chi connectivity index (χ1v) is 12.3. The number of fused-ring (bicyclic) bond motifs is 1. The van der Waals surface area contributed by atoms with E-state index in [0.29, 0.717) is 21.9 Å². The van der Waals surface area contributed by atoms with E-state index < -0.39 is 54.8 Å². The van der Waals surface area contributed by atoms with Crippen molar-refractivity contribution >= 4 is 76.5 Å². The first-order valence-electron chi connectivity index (χ1n) is 11.6. The first-order chi connectivity index (χ1) is 18.5. The molecule has 4 amide bonds. The third-order valence-electron chi connectivity index (χ3n) is 5.64. The van der Waals surface area contributed by atoms with Crippen molar-refractivity contribution in [1.29, 1.82) is 0 Å². The largest absolute Gasteiger partial charge is 0.481 e. The number of anilines is 2. The second-order valence-electron chi connectivity index (χ2n) is 8.50. The van der Waals surface area contributed by atoms with Gasteiger partial charge in [-0.05, 0) is 35.9 Å². The van der Waals surface area contributed by atoms with Crippen LogP contribution in [0, 0.1) is 0 Å². The number of hydrogen-bond acceptors (Lipinski definition) is 6. The molecular formula is C26H24Cl2N4O7. The van der Waals surface area contributed by atoms with Crippen molar-refractivity contribution in [3.8, 4) is 0 Å². The Morgan fingerprint density at radius 2 is 1.79 bits per heavy atom. The third-order valence-corrected chi connectivity index (χ3v) is 6.38. The summed E-state index contributed by atoms with van der Waals surface area (Å²) < 4.78 is 0. The molecule has 2 aromatic rings. The lowest BCUT2D eigenvalue weighted by Gasteiger charge is -2.29. The Morgan fingerprint density at radius 1 is 1.10 bits per heavy atom. The number of carboxylic acids is 1. The highest BCUT2D eigenvalue weighted by Crippen LogP contribution is 2.34. The molecule has 204 valence electrons. The van der Waals surface area contributed by atoms with E-state index in [-0.39, 0.29) is 17.8 Å². The lowest BCUT2D eigenvalue weighted by Crippen LogP contribution is -2.51. The molecule has 2 aromatic carbocycles. The van der Waals surface area contributed by atoms with Gasteiger partial charge in [-0.1, -0.05) is 41.4 Å². The van der Waals surface area contributed by atoms with E-state index in [1.807, 2.05) is 0 Å². The molecule has 3 rings (SSSR count). The molecule has 0 aromatic heterocycles. The summed E-state index contributed by atoms with van der Waals surface area (Å²) in [4.78, 5) is 75.9. The number of carbonyl (C=O) groups is 6. The second kappa shape index (κ2) is 13.0. The highest BCUT2D eigenvalue weighted by Gasteiger charge is 2.36. The van der Waals surface area contributed by atoms with Crippen molar-refractivity contribution < 1.29 is 33.9 Å².